The Balaban J connectivity index is 0. The van der Waals surface area contributed by atoms with E-state index in [2.05, 4.69) is 0 Å². The average molecular weight is 1660 g/mol. The SMILES string of the molecule is O[C-](C(F)(F)F)C1(C(F)(F)F)CC2[CH-]C1C1C3CCC(C3)C21.[Rf].[Rf].[Rf].[Rf].[Rf]. The molecule has 0 aromatic carbocycles. The molecule has 0 amide bonds. The molecule has 0 spiro atoms. The van der Waals surface area contributed by atoms with Gasteiger partial charge in [-0.2, -0.15) is 25.0 Å². The van der Waals surface area contributed by atoms with E-state index in [4.69, 9.17) is 0 Å². The maximum atomic E-state index is 13.7. The van der Waals surface area contributed by atoms with Gasteiger partial charge in [0.1, 0.15) is 0 Å². The molecule has 1 nitrogen and oxygen atoms in total. The summed E-state index contributed by atoms with van der Waals surface area (Å²) in [5.41, 5.74) is -3.12. The van der Waals surface area contributed by atoms with Crippen molar-refractivity contribution in [3.8, 4) is 0 Å². The van der Waals surface area contributed by atoms with Crippen LogP contribution in [0.15, 0.2) is 0 Å². The molecule has 136 valence electrons. The molecule has 7 atom stereocenters. The summed E-state index contributed by atoms with van der Waals surface area (Å²) >= 11 is 0. The van der Waals surface area contributed by atoms with Crippen molar-refractivity contribution in [1.29, 1.82) is 0 Å². The predicted octanol–water partition coefficient (Wildman–Crippen LogP) is 4.52. The molecule has 27 heavy (non-hydrogen) atoms. The van der Waals surface area contributed by atoms with E-state index in [1.807, 2.05) is 0 Å². The van der Waals surface area contributed by atoms with Crippen molar-refractivity contribution >= 4 is 0 Å². The largest absolute Gasteiger partial charge is 0.554 e. The summed E-state index contributed by atoms with van der Waals surface area (Å²) in [5.74, 6) is -1.47. The maximum Gasteiger partial charge on any atom is 0.368 e. The van der Waals surface area contributed by atoms with Gasteiger partial charge in [-0.05, 0) is 31.1 Å². The molecular formula is C15H16F6ORf5-2. The predicted molar refractivity (Wildman–Crippen MR) is 63.4 cm³/mol. The molecular weight excluding hydrogens is 1650 g/mol. The van der Waals surface area contributed by atoms with Gasteiger partial charge in [0, 0.05) is 0 Å². The van der Waals surface area contributed by atoms with Crippen molar-refractivity contribution in [2.75, 3.05) is 0 Å². The van der Waals surface area contributed by atoms with Crippen LogP contribution in [-0.4, -0.2) is 17.5 Å². The van der Waals surface area contributed by atoms with E-state index in [1.54, 1.807) is 0 Å². The van der Waals surface area contributed by atoms with Crippen LogP contribution in [0.25, 0.3) is 0 Å². The first-order valence-electron chi connectivity index (χ1n) is 7.62. The molecule has 7 unspecified atom stereocenters. The van der Waals surface area contributed by atoms with Crippen molar-refractivity contribution in [3.63, 3.8) is 0 Å². The second-order valence-corrected chi connectivity index (χ2v) is 7.39. The Morgan fingerprint density at radius 1 is 0.852 bits per heavy atom. The summed E-state index contributed by atoms with van der Waals surface area (Å²) in [6.07, 6.45) is -9.28. The molecule has 4 fully saturated rings. The zero-order chi connectivity index (χ0) is 16.1. The van der Waals surface area contributed by atoms with Crippen molar-refractivity contribution in [2.45, 2.75) is 38.0 Å². The minimum Gasteiger partial charge on any atom is -0.554 e. The Hall–Kier alpha value is -5.46. The third kappa shape index (κ3) is 1.99. The first-order chi connectivity index (χ1) is 10.1. The van der Waals surface area contributed by atoms with Crippen LogP contribution in [0.1, 0.15) is 25.7 Å². The molecule has 4 aliphatic rings. The fourth-order valence-electron chi connectivity index (χ4n) is 6.22. The van der Waals surface area contributed by atoms with Gasteiger partial charge in [-0.15, -0.1) is 0 Å². The van der Waals surface area contributed by atoms with Crippen LogP contribution < -0.4 is 0 Å². The summed E-state index contributed by atoms with van der Waals surface area (Å²) in [4.78, 5) is 0. The van der Waals surface area contributed by atoms with Crippen molar-refractivity contribution in [1.82, 2.24) is 0 Å². The van der Waals surface area contributed by atoms with E-state index in [0.29, 0.717) is 5.92 Å². The Morgan fingerprint density at radius 2 is 1.33 bits per heavy atom. The molecule has 0 radical (unpaired) electrons. The molecule has 0 aromatic heterocycles. The average Bonchev–Trinajstić information content (AvgIpc) is 3.12. The third-order valence-corrected chi connectivity index (χ3v) is 6.73. The van der Waals surface area contributed by atoms with Crippen molar-refractivity contribution in [3.05, 3.63) is 12.5 Å². The Labute approximate surface area is 124 Å². The van der Waals surface area contributed by atoms with Crippen LogP contribution in [-0.2, 0) is 0 Å². The monoisotopic (exact) mass is 1660 g/mol. The summed E-state index contributed by atoms with van der Waals surface area (Å²) in [7, 11) is 0. The van der Waals surface area contributed by atoms with Crippen molar-refractivity contribution < 1.29 is 31.4 Å². The van der Waals surface area contributed by atoms with E-state index in [9.17, 15) is 31.4 Å². The van der Waals surface area contributed by atoms with Crippen LogP contribution in [0.5, 0.6) is 0 Å². The number of aliphatic hydroxyl groups excluding tert-OH is 1. The molecule has 4 bridgehead atoms. The molecule has 12 heteroatoms. The normalized spacial score (nSPS) is 40.9. The fraction of sp³-hybridized carbons (Fsp3) is 0.867. The van der Waals surface area contributed by atoms with Gasteiger partial charge in [-0.25, -0.2) is 13.2 Å². The zero-order valence-corrected chi connectivity index (χ0v) is 47.1. The first-order valence-corrected chi connectivity index (χ1v) is 7.62. The number of hydrogen-bond acceptors (Lipinski definition) is 1. The quantitative estimate of drug-likeness (QED) is 0.233. The summed E-state index contributed by atoms with van der Waals surface area (Å²) in [5, 5.41) is 9.54. The summed E-state index contributed by atoms with van der Waals surface area (Å²) < 4.78 is 79.8. The number of rotatable bonds is 1. The first kappa shape index (κ1) is 23.8. The van der Waals surface area contributed by atoms with Crippen molar-refractivity contribution in [2.24, 2.45) is 40.9 Å². The van der Waals surface area contributed by atoms with Gasteiger partial charge >= 0.3 is 6.18 Å². The number of fused-ring (bicyclic) bond motifs is 9. The molecule has 0 heterocycles. The maximum absolute atomic E-state index is 13.7. The summed E-state index contributed by atoms with van der Waals surface area (Å²) in [6.45, 7) is 0. The molecule has 4 rings (SSSR count). The number of aliphatic hydroxyl groups is 1. The topological polar surface area (TPSA) is 20.2 Å². The van der Waals surface area contributed by atoms with E-state index in [0.717, 1.165) is 19.3 Å². The van der Waals surface area contributed by atoms with Gasteiger partial charge in [-0.3, -0.25) is 0 Å². The van der Waals surface area contributed by atoms with Crippen LogP contribution >= 0.6 is 0 Å². The van der Waals surface area contributed by atoms with Gasteiger partial charge in [-0.1, -0.05) is 29.8 Å². The van der Waals surface area contributed by atoms with Gasteiger partial charge in [0.15, 0.2) is 0 Å². The van der Waals surface area contributed by atoms with E-state index < -0.39 is 42.1 Å². The third-order valence-electron chi connectivity index (χ3n) is 6.73. The Bertz CT molecular complexity index is 504. The Kier molecular flexibility index (Phi) is 4.65. The fourth-order valence-corrected chi connectivity index (χ4v) is 6.22. The van der Waals surface area contributed by atoms with Crippen LogP contribution in [0, 0.1) is 53.4 Å². The number of alkyl halides is 6. The van der Waals surface area contributed by atoms with Crippen LogP contribution in [0.2, 0.25) is 0 Å². The smallest absolute Gasteiger partial charge is 0.368 e. The summed E-state index contributed by atoms with van der Waals surface area (Å²) in [6, 6.07) is 0. The van der Waals surface area contributed by atoms with Gasteiger partial charge in [0.2, 0.25) is 0 Å². The molecule has 4 saturated carbocycles. The molecule has 0 aliphatic heterocycles. The van der Waals surface area contributed by atoms with E-state index >= 15 is 0 Å². The van der Waals surface area contributed by atoms with Crippen LogP contribution in [0.3, 0.4) is 0 Å². The Morgan fingerprint density at radius 3 is 1.78 bits per heavy atom. The number of hydrogen-bond donors (Lipinski definition) is 1. The van der Waals surface area contributed by atoms with E-state index in [1.165, 1.54) is 6.42 Å². The second kappa shape index (κ2) is 5.28. The molecule has 0 saturated heterocycles. The molecule has 1 N–H and O–H groups in total. The van der Waals surface area contributed by atoms with Crippen LogP contribution in [0.4, 0.5) is 26.3 Å². The molecule has 4 aliphatic carbocycles. The zero-order valence-electron chi connectivity index (χ0n) is 15.1. The van der Waals surface area contributed by atoms with Gasteiger partial charge in [0.05, 0.1) is 0 Å². The van der Waals surface area contributed by atoms with Gasteiger partial charge < -0.3 is 11.5 Å². The van der Waals surface area contributed by atoms with E-state index in [-0.39, 0.29) is 17.8 Å². The molecule has 0 aromatic rings. The van der Waals surface area contributed by atoms with Gasteiger partial charge in [0.25, 0.3) is 6.18 Å². The minimum atomic E-state index is -5.33. The second-order valence-electron chi connectivity index (χ2n) is 7.39. The number of halogens is 6. The standard InChI is InChI=1S/C15H16F6O.5Rf/c16-14(17,18)12(22)13(15(19,20)21)5-8-4-9(13)11-7-2-1-6(3-7)10(8)11;;;;;/h4,6-11,22H,1-3,5H2;;;;;/q-2;;;;;. The minimum absolute atomic E-state index is 0.